The monoisotopic (exact) mass is 214 g/mol. The Kier molecular flexibility index (Phi) is 6.36. The highest BCUT2D eigenvalue weighted by Crippen LogP contribution is 2.00. The molecule has 0 saturated heterocycles. The minimum absolute atomic E-state index is 0.0603. The molecule has 7 heteroatoms. The van der Waals surface area contributed by atoms with E-state index in [-0.39, 0.29) is 19.9 Å². The van der Waals surface area contributed by atoms with E-state index in [2.05, 4.69) is 10.5 Å². The van der Waals surface area contributed by atoms with Crippen LogP contribution in [0, 0.1) is 5.92 Å². The van der Waals surface area contributed by atoms with Gasteiger partial charge in [0.15, 0.2) is 0 Å². The van der Waals surface area contributed by atoms with E-state index >= 15 is 0 Å². The van der Waals surface area contributed by atoms with Crippen molar-refractivity contribution in [2.75, 3.05) is 6.54 Å². The van der Waals surface area contributed by atoms with E-state index in [4.69, 9.17) is 5.11 Å². The van der Waals surface area contributed by atoms with Gasteiger partial charge in [-0.1, -0.05) is 13.8 Å². The molecule has 0 aromatic heterocycles. The number of rotatable bonds is 7. The average Bonchev–Trinajstić information content (AvgIpc) is 2.13. The number of amides is 1. The summed E-state index contributed by atoms with van der Waals surface area (Å²) in [4.78, 5) is 31.8. The van der Waals surface area contributed by atoms with Gasteiger partial charge >= 0.3 is 5.97 Å². The van der Waals surface area contributed by atoms with Crippen molar-refractivity contribution in [1.29, 1.82) is 0 Å². The molecule has 0 aliphatic carbocycles. The molecule has 3 N–H and O–H groups in total. The molecule has 0 saturated carbocycles. The smallest absolute Gasteiger partial charge is 0.326 e. The van der Waals surface area contributed by atoms with Crippen LogP contribution in [0.3, 0.4) is 0 Å². The predicted octanol–water partition coefficient (Wildman–Crippen LogP) is -1.66. The van der Waals surface area contributed by atoms with E-state index < -0.39 is 17.9 Å². The Morgan fingerprint density at radius 3 is 2.47 bits per heavy atom. The maximum atomic E-state index is 11.2. The summed E-state index contributed by atoms with van der Waals surface area (Å²) in [6.07, 6.45) is 0.629. The van der Waals surface area contributed by atoms with Gasteiger partial charge in [-0.25, -0.2) is 4.79 Å². The van der Waals surface area contributed by atoms with Gasteiger partial charge in [0.05, 0.1) is 12.7 Å². The lowest BCUT2D eigenvalue weighted by Crippen LogP contribution is -2.47. The summed E-state index contributed by atoms with van der Waals surface area (Å²) in [7, 11) is 0.0762. The number of aliphatic carboxylic acids is 1. The van der Waals surface area contributed by atoms with Crippen molar-refractivity contribution in [2.24, 2.45) is 5.92 Å². The second-order valence-electron chi connectivity index (χ2n) is 3.43. The molecule has 0 aromatic rings. The molecule has 6 nitrogen and oxygen atoms in total. The lowest BCUT2D eigenvalue weighted by molar-refractivity contribution is -0.142. The van der Waals surface area contributed by atoms with Gasteiger partial charge in [-0.2, -0.15) is 0 Å². The zero-order chi connectivity index (χ0) is 11.8. The zero-order valence-electron chi connectivity index (χ0n) is 8.82. The molecule has 0 rings (SSSR count). The van der Waals surface area contributed by atoms with Crippen molar-refractivity contribution in [3.05, 3.63) is 0 Å². The van der Waals surface area contributed by atoms with E-state index in [0.29, 0.717) is 6.19 Å². The largest absolute Gasteiger partial charge is 0.480 e. The predicted molar refractivity (Wildman–Crippen MR) is 56.3 cm³/mol. The second kappa shape index (κ2) is 7.00. The summed E-state index contributed by atoms with van der Waals surface area (Å²) in [6.45, 7) is 3.35. The molecule has 0 unspecified atom stereocenters. The Bertz CT molecular complexity index is 245. The van der Waals surface area contributed by atoms with Crippen molar-refractivity contribution < 1.29 is 19.5 Å². The van der Waals surface area contributed by atoms with E-state index in [0.717, 1.165) is 0 Å². The molecular formula is C8H15BN2O4. The van der Waals surface area contributed by atoms with Crippen LogP contribution in [0.4, 0.5) is 0 Å². The standard InChI is InChI=1S/C8H15BN2O4/c1-5(2)7(8(14)15)11-6(13)3-10-9-4-12/h4-5,7,9-10H,3H2,1-2H3,(H,11,13)(H,14,15)/t7-/m0/s1. The summed E-state index contributed by atoms with van der Waals surface area (Å²) in [5.74, 6) is -1.68. The van der Waals surface area contributed by atoms with Crippen LogP contribution in [0.2, 0.25) is 0 Å². The van der Waals surface area contributed by atoms with E-state index in [1.54, 1.807) is 13.8 Å². The van der Waals surface area contributed by atoms with Gasteiger partial charge in [-0.05, 0) is 5.92 Å². The van der Waals surface area contributed by atoms with Crippen LogP contribution in [0.25, 0.3) is 0 Å². The number of carboxylic acid groups (broad SMARTS) is 1. The fourth-order valence-electron chi connectivity index (χ4n) is 0.983. The van der Waals surface area contributed by atoms with Gasteiger partial charge < -0.3 is 20.4 Å². The lowest BCUT2D eigenvalue weighted by atomic mass is 9.99. The fourth-order valence-corrected chi connectivity index (χ4v) is 0.983. The fraction of sp³-hybridized carbons (Fsp3) is 0.625. The summed E-state index contributed by atoms with van der Waals surface area (Å²) in [5, 5.41) is 13.7. The minimum Gasteiger partial charge on any atom is -0.480 e. The van der Waals surface area contributed by atoms with Crippen LogP contribution >= 0.6 is 0 Å². The van der Waals surface area contributed by atoms with Gasteiger partial charge in [0.25, 0.3) is 7.41 Å². The van der Waals surface area contributed by atoms with Crippen LogP contribution < -0.4 is 10.5 Å². The maximum absolute atomic E-state index is 11.2. The first kappa shape index (κ1) is 13.6. The molecule has 0 spiro atoms. The highest BCUT2D eigenvalue weighted by atomic mass is 16.4. The molecule has 0 aliphatic rings. The first-order valence-electron chi connectivity index (χ1n) is 4.65. The van der Waals surface area contributed by atoms with Gasteiger partial charge in [-0.15, -0.1) is 0 Å². The van der Waals surface area contributed by atoms with Gasteiger partial charge in [0.2, 0.25) is 5.91 Å². The Hall–Kier alpha value is -1.37. The molecule has 0 heterocycles. The number of carbonyl (C=O) groups excluding carboxylic acids is 2. The SMILES string of the molecule is CC(C)[C@H](NC(=O)CNBC=O)C(=O)O. The first-order valence-corrected chi connectivity index (χ1v) is 4.65. The van der Waals surface area contributed by atoms with Crippen molar-refractivity contribution in [3.8, 4) is 0 Å². The third-order valence-corrected chi connectivity index (χ3v) is 1.76. The molecule has 0 fully saturated rings. The topological polar surface area (TPSA) is 95.5 Å². The maximum Gasteiger partial charge on any atom is 0.326 e. The van der Waals surface area contributed by atoms with Gasteiger partial charge in [0.1, 0.15) is 6.04 Å². The van der Waals surface area contributed by atoms with E-state index in [9.17, 15) is 14.4 Å². The average molecular weight is 214 g/mol. The minimum atomic E-state index is -1.06. The Balaban J connectivity index is 4.00. The normalized spacial score (nSPS) is 11.9. The first-order chi connectivity index (χ1) is 6.99. The third kappa shape index (κ3) is 5.85. The number of hydrogen-bond donors (Lipinski definition) is 3. The van der Waals surface area contributed by atoms with Crippen LogP contribution in [0.5, 0.6) is 0 Å². The van der Waals surface area contributed by atoms with Crippen LogP contribution in [-0.4, -0.2) is 43.2 Å². The van der Waals surface area contributed by atoms with Crippen molar-refractivity contribution in [1.82, 2.24) is 10.5 Å². The van der Waals surface area contributed by atoms with Crippen LogP contribution in [0.1, 0.15) is 13.8 Å². The van der Waals surface area contributed by atoms with Crippen molar-refractivity contribution in [2.45, 2.75) is 19.9 Å². The number of carboxylic acids is 1. The number of hydrogen-bond acceptors (Lipinski definition) is 4. The van der Waals surface area contributed by atoms with Crippen LogP contribution in [-0.2, 0) is 14.4 Å². The third-order valence-electron chi connectivity index (χ3n) is 1.76. The highest BCUT2D eigenvalue weighted by Gasteiger charge is 2.22. The molecule has 0 aliphatic heterocycles. The van der Waals surface area contributed by atoms with Crippen molar-refractivity contribution in [3.63, 3.8) is 0 Å². The molecule has 0 aromatic carbocycles. The molecule has 15 heavy (non-hydrogen) atoms. The van der Waals surface area contributed by atoms with Gasteiger partial charge in [-0.3, -0.25) is 4.79 Å². The van der Waals surface area contributed by atoms with Gasteiger partial charge in [0, 0.05) is 0 Å². The molecular weight excluding hydrogens is 199 g/mol. The number of carbonyl (C=O) groups is 3. The zero-order valence-corrected chi connectivity index (χ0v) is 8.82. The quantitative estimate of drug-likeness (QED) is 0.268. The Labute approximate surface area is 88.7 Å². The van der Waals surface area contributed by atoms with E-state index in [1.807, 2.05) is 0 Å². The molecule has 1 amide bonds. The second-order valence-corrected chi connectivity index (χ2v) is 3.43. The van der Waals surface area contributed by atoms with Crippen LogP contribution in [0.15, 0.2) is 0 Å². The summed E-state index contributed by atoms with van der Waals surface area (Å²) < 4.78 is 0. The summed E-state index contributed by atoms with van der Waals surface area (Å²) in [5.41, 5.74) is 0. The summed E-state index contributed by atoms with van der Waals surface area (Å²) >= 11 is 0. The summed E-state index contributed by atoms with van der Waals surface area (Å²) in [6, 6.07) is -0.893. The highest BCUT2D eigenvalue weighted by molar-refractivity contribution is 6.64. The molecule has 0 radical (unpaired) electrons. The molecule has 1 atom stereocenters. The Morgan fingerprint density at radius 1 is 1.47 bits per heavy atom. The Morgan fingerprint density at radius 2 is 2.07 bits per heavy atom. The lowest BCUT2D eigenvalue weighted by Gasteiger charge is -2.17. The molecule has 0 bridgehead atoms. The van der Waals surface area contributed by atoms with E-state index in [1.165, 1.54) is 0 Å². The molecule has 84 valence electrons. The number of nitrogens with one attached hydrogen (secondary N) is 2. The van der Waals surface area contributed by atoms with Crippen molar-refractivity contribution >= 4 is 25.5 Å².